The maximum atomic E-state index is 11.8. The van der Waals surface area contributed by atoms with Gasteiger partial charge >= 0.3 is 0 Å². The maximum absolute atomic E-state index is 11.8. The molecule has 2 rings (SSSR count). The summed E-state index contributed by atoms with van der Waals surface area (Å²) in [4.78, 5) is 17.0. The first kappa shape index (κ1) is 13.2. The first-order valence-electron chi connectivity index (χ1n) is 5.02. The number of halogens is 1. The molecule has 0 aliphatic carbocycles. The van der Waals surface area contributed by atoms with Crippen LogP contribution in [0, 0.1) is 0 Å². The van der Waals surface area contributed by atoms with Crippen molar-refractivity contribution in [1.82, 2.24) is 4.98 Å². The van der Waals surface area contributed by atoms with Gasteiger partial charge in [0.05, 0.1) is 5.69 Å². The number of hydrogen-bond acceptors (Lipinski definition) is 5. The molecule has 1 aliphatic heterocycles. The fourth-order valence-corrected chi connectivity index (χ4v) is 2.85. The van der Waals surface area contributed by atoms with Gasteiger partial charge in [-0.2, -0.15) is 0 Å². The second kappa shape index (κ2) is 4.48. The molecule has 1 unspecified atom stereocenters. The lowest BCUT2D eigenvalue weighted by atomic mass is 10.3. The molecule has 1 amide bonds. The highest BCUT2D eigenvalue weighted by molar-refractivity contribution is 9.10. The Hall–Kier alpha value is -1.19. The normalized spacial score (nSPS) is 20.4. The van der Waals surface area contributed by atoms with E-state index in [-0.39, 0.29) is 24.7 Å². The lowest BCUT2D eigenvalue weighted by Crippen LogP contribution is -2.32. The first-order valence-corrected chi connectivity index (χ1v) is 7.42. The van der Waals surface area contributed by atoms with Gasteiger partial charge in [0.15, 0.2) is 5.82 Å². The summed E-state index contributed by atoms with van der Waals surface area (Å²) in [5.74, 6) is -0.0927. The lowest BCUT2D eigenvalue weighted by Gasteiger charge is -2.17. The number of nitrogens with two attached hydrogens (primary N) is 2. The second-order valence-corrected chi connectivity index (χ2v) is 6.75. The molecule has 0 aromatic carbocycles. The van der Waals surface area contributed by atoms with Crippen molar-refractivity contribution in [3.8, 4) is 0 Å². The van der Waals surface area contributed by atoms with Crippen LogP contribution in [-0.2, 0) is 14.8 Å². The minimum atomic E-state index is -3.74. The van der Waals surface area contributed by atoms with Gasteiger partial charge < -0.3 is 5.73 Å². The highest BCUT2D eigenvalue weighted by Gasteiger charge is 2.38. The number of nitrogens with zero attached hydrogens (tertiary/aromatic N) is 2. The SMILES string of the molecule is Nc1cc(Br)cnc1N1CC(S(N)(=O)=O)CC1=O. The van der Waals surface area contributed by atoms with E-state index in [1.54, 1.807) is 6.07 Å². The molecule has 18 heavy (non-hydrogen) atoms. The molecular weight excluding hydrogens is 324 g/mol. The average Bonchev–Trinajstić information content (AvgIpc) is 2.60. The third-order valence-electron chi connectivity index (χ3n) is 2.67. The molecule has 2 heterocycles. The molecule has 9 heteroatoms. The van der Waals surface area contributed by atoms with E-state index < -0.39 is 15.3 Å². The van der Waals surface area contributed by atoms with Crippen molar-refractivity contribution in [2.75, 3.05) is 17.2 Å². The molecule has 0 radical (unpaired) electrons. The van der Waals surface area contributed by atoms with Crippen molar-refractivity contribution in [2.24, 2.45) is 5.14 Å². The van der Waals surface area contributed by atoms with E-state index in [4.69, 9.17) is 10.9 Å². The summed E-state index contributed by atoms with van der Waals surface area (Å²) in [6.07, 6.45) is 1.35. The molecule has 1 saturated heterocycles. The van der Waals surface area contributed by atoms with E-state index in [1.165, 1.54) is 11.1 Å². The van der Waals surface area contributed by atoms with E-state index in [2.05, 4.69) is 20.9 Å². The first-order chi connectivity index (χ1) is 8.29. The Bertz CT molecular complexity index is 604. The van der Waals surface area contributed by atoms with Crippen LogP contribution in [0.25, 0.3) is 0 Å². The number of carbonyl (C=O) groups is 1. The Labute approximate surface area is 112 Å². The standard InChI is InChI=1S/C9H11BrN4O3S/c10-5-1-7(11)9(13-3-5)14-4-6(2-8(14)15)18(12,16)17/h1,3,6H,2,4,11H2,(H2,12,16,17). The van der Waals surface area contributed by atoms with Crippen LogP contribution in [-0.4, -0.2) is 31.1 Å². The Morgan fingerprint density at radius 3 is 2.67 bits per heavy atom. The van der Waals surface area contributed by atoms with E-state index in [1.807, 2.05) is 0 Å². The van der Waals surface area contributed by atoms with Gasteiger partial charge in [-0.3, -0.25) is 9.69 Å². The predicted molar refractivity (Wildman–Crippen MR) is 70.2 cm³/mol. The van der Waals surface area contributed by atoms with Crippen molar-refractivity contribution >= 4 is 43.4 Å². The summed E-state index contributed by atoms with van der Waals surface area (Å²) in [5, 5.41) is 4.13. The van der Waals surface area contributed by atoms with Crippen molar-refractivity contribution in [2.45, 2.75) is 11.7 Å². The van der Waals surface area contributed by atoms with Crippen molar-refractivity contribution in [1.29, 1.82) is 0 Å². The van der Waals surface area contributed by atoms with Crippen LogP contribution in [0.2, 0.25) is 0 Å². The van der Waals surface area contributed by atoms with Crippen molar-refractivity contribution < 1.29 is 13.2 Å². The van der Waals surface area contributed by atoms with Gasteiger partial charge in [-0.1, -0.05) is 0 Å². The molecule has 98 valence electrons. The number of carbonyl (C=O) groups excluding carboxylic acids is 1. The summed E-state index contributed by atoms with van der Waals surface area (Å²) in [6.45, 7) is -0.0174. The van der Waals surface area contributed by atoms with Gasteiger partial charge in [0.25, 0.3) is 0 Å². The zero-order valence-corrected chi connectivity index (χ0v) is 11.6. The summed E-state index contributed by atoms with van der Waals surface area (Å²) >= 11 is 3.20. The van der Waals surface area contributed by atoms with Gasteiger partial charge in [-0.05, 0) is 22.0 Å². The van der Waals surface area contributed by atoms with E-state index in [0.717, 1.165) is 0 Å². The summed E-state index contributed by atoms with van der Waals surface area (Å²) in [5.41, 5.74) is 6.05. The Balaban J connectivity index is 2.33. The average molecular weight is 335 g/mol. The minimum absolute atomic E-state index is 0.0174. The number of hydrogen-bond donors (Lipinski definition) is 2. The minimum Gasteiger partial charge on any atom is -0.396 e. The number of pyridine rings is 1. The number of primary sulfonamides is 1. The monoisotopic (exact) mass is 334 g/mol. The third-order valence-corrected chi connectivity index (χ3v) is 4.35. The van der Waals surface area contributed by atoms with Gasteiger partial charge in [0, 0.05) is 23.6 Å². The number of rotatable bonds is 2. The molecule has 0 spiro atoms. The molecule has 1 fully saturated rings. The van der Waals surface area contributed by atoms with E-state index >= 15 is 0 Å². The third kappa shape index (κ3) is 2.47. The second-order valence-electron chi connectivity index (χ2n) is 3.99. The molecule has 0 bridgehead atoms. The highest BCUT2D eigenvalue weighted by atomic mass is 79.9. The molecule has 1 aromatic heterocycles. The van der Waals surface area contributed by atoms with Crippen LogP contribution < -0.4 is 15.8 Å². The van der Waals surface area contributed by atoms with Gasteiger partial charge in [0.2, 0.25) is 15.9 Å². The van der Waals surface area contributed by atoms with Crippen LogP contribution in [0.4, 0.5) is 11.5 Å². The lowest BCUT2D eigenvalue weighted by molar-refractivity contribution is -0.117. The van der Waals surface area contributed by atoms with Crippen LogP contribution >= 0.6 is 15.9 Å². The Kier molecular flexibility index (Phi) is 3.30. The molecule has 7 nitrogen and oxygen atoms in total. The topological polar surface area (TPSA) is 119 Å². The number of nitrogen functional groups attached to an aromatic ring is 1. The number of aromatic nitrogens is 1. The fourth-order valence-electron chi connectivity index (χ4n) is 1.77. The largest absolute Gasteiger partial charge is 0.396 e. The Morgan fingerprint density at radius 1 is 1.50 bits per heavy atom. The quantitative estimate of drug-likeness (QED) is 0.777. The zero-order valence-electron chi connectivity index (χ0n) is 9.21. The molecule has 1 aromatic rings. The smallest absolute Gasteiger partial charge is 0.229 e. The summed E-state index contributed by atoms with van der Waals surface area (Å²) < 4.78 is 23.1. The van der Waals surface area contributed by atoms with Crippen LogP contribution in [0.5, 0.6) is 0 Å². The van der Waals surface area contributed by atoms with E-state index in [0.29, 0.717) is 10.2 Å². The number of sulfonamides is 1. The molecule has 1 atom stereocenters. The van der Waals surface area contributed by atoms with Crippen LogP contribution in [0.15, 0.2) is 16.7 Å². The number of amides is 1. The van der Waals surface area contributed by atoms with Gasteiger partial charge in [-0.15, -0.1) is 0 Å². The Morgan fingerprint density at radius 2 is 2.17 bits per heavy atom. The van der Waals surface area contributed by atoms with Crippen LogP contribution in [0.1, 0.15) is 6.42 Å². The zero-order chi connectivity index (χ0) is 13.5. The molecule has 1 aliphatic rings. The molecule has 0 saturated carbocycles. The maximum Gasteiger partial charge on any atom is 0.229 e. The van der Waals surface area contributed by atoms with Gasteiger partial charge in [0.1, 0.15) is 5.25 Å². The molecular formula is C9H11BrN4O3S. The van der Waals surface area contributed by atoms with Gasteiger partial charge in [-0.25, -0.2) is 18.5 Å². The van der Waals surface area contributed by atoms with E-state index in [9.17, 15) is 13.2 Å². The van der Waals surface area contributed by atoms with Crippen LogP contribution in [0.3, 0.4) is 0 Å². The summed E-state index contributed by atoms with van der Waals surface area (Å²) in [7, 11) is -3.74. The highest BCUT2D eigenvalue weighted by Crippen LogP contribution is 2.28. The number of anilines is 2. The van der Waals surface area contributed by atoms with Crippen molar-refractivity contribution in [3.05, 3.63) is 16.7 Å². The predicted octanol–water partition coefficient (Wildman–Crippen LogP) is -0.180. The van der Waals surface area contributed by atoms with Crippen molar-refractivity contribution in [3.63, 3.8) is 0 Å². The fraction of sp³-hybridized carbons (Fsp3) is 0.333. The molecule has 4 N–H and O–H groups in total. The summed E-state index contributed by atoms with van der Waals surface area (Å²) in [6, 6.07) is 1.60.